The second kappa shape index (κ2) is 8.40. The molecule has 1 fully saturated rings. The van der Waals surface area contributed by atoms with Crippen LogP contribution in [0.2, 0.25) is 0 Å². The minimum Gasteiger partial charge on any atom is -0.317 e. The normalized spacial score (nSPS) is 22.2. The number of thioether (sulfide) groups is 1. The molecule has 1 aliphatic heterocycles. The summed E-state index contributed by atoms with van der Waals surface area (Å²) >= 11 is 1.86. The summed E-state index contributed by atoms with van der Waals surface area (Å²) in [7, 11) is -3.02. The Hall–Kier alpha value is 0.220. The highest BCUT2D eigenvalue weighted by Gasteiger charge is 2.26. The van der Waals surface area contributed by atoms with Crippen LogP contribution in [0.15, 0.2) is 0 Å². The Kier molecular flexibility index (Phi) is 7.60. The summed E-state index contributed by atoms with van der Waals surface area (Å²) in [5.74, 6) is 1.23. The van der Waals surface area contributed by atoms with Crippen LogP contribution in [-0.2, 0) is 10.0 Å². The molecule has 108 valence electrons. The van der Waals surface area contributed by atoms with Gasteiger partial charge in [0.15, 0.2) is 0 Å². The molecule has 1 N–H and O–H groups in total. The van der Waals surface area contributed by atoms with E-state index >= 15 is 0 Å². The molecular weight excluding hydrogens is 268 g/mol. The van der Waals surface area contributed by atoms with Crippen molar-refractivity contribution < 1.29 is 8.42 Å². The van der Waals surface area contributed by atoms with E-state index in [-0.39, 0.29) is 0 Å². The van der Waals surface area contributed by atoms with Gasteiger partial charge in [-0.15, -0.1) is 0 Å². The zero-order chi connectivity index (χ0) is 13.4. The lowest BCUT2D eigenvalue weighted by Crippen LogP contribution is -2.42. The van der Waals surface area contributed by atoms with E-state index < -0.39 is 10.0 Å². The maximum absolute atomic E-state index is 12.1. The number of hydrogen-bond donors (Lipinski definition) is 1. The topological polar surface area (TPSA) is 49.4 Å². The van der Waals surface area contributed by atoms with E-state index in [9.17, 15) is 8.42 Å². The molecule has 0 bridgehead atoms. The van der Waals surface area contributed by atoms with Crippen LogP contribution in [0.3, 0.4) is 0 Å². The van der Waals surface area contributed by atoms with Gasteiger partial charge in [-0.1, -0.05) is 13.8 Å². The zero-order valence-electron chi connectivity index (χ0n) is 11.5. The fourth-order valence-electron chi connectivity index (χ4n) is 2.00. The van der Waals surface area contributed by atoms with Crippen LogP contribution in [0.1, 0.15) is 33.1 Å². The highest BCUT2D eigenvalue weighted by molar-refractivity contribution is 8.00. The predicted octanol–water partition coefficient (Wildman–Crippen LogP) is 1.53. The Balaban J connectivity index is 2.22. The Bertz CT molecular complexity index is 320. The zero-order valence-corrected chi connectivity index (χ0v) is 13.2. The van der Waals surface area contributed by atoms with Crippen molar-refractivity contribution in [2.75, 3.05) is 37.7 Å². The van der Waals surface area contributed by atoms with Crippen molar-refractivity contribution in [3.63, 3.8) is 0 Å². The van der Waals surface area contributed by atoms with Gasteiger partial charge in [0.1, 0.15) is 0 Å². The monoisotopic (exact) mass is 294 g/mol. The van der Waals surface area contributed by atoms with E-state index in [2.05, 4.69) is 19.2 Å². The first-order valence-corrected chi connectivity index (χ1v) is 9.52. The van der Waals surface area contributed by atoms with E-state index in [4.69, 9.17) is 0 Å². The SMILES string of the molecule is CCCNCCCCS(=O)(=O)N1CCSC(C)C1. The second-order valence-electron chi connectivity index (χ2n) is 4.81. The van der Waals surface area contributed by atoms with Crippen LogP contribution in [0, 0.1) is 0 Å². The first kappa shape index (κ1) is 16.3. The Morgan fingerprint density at radius 3 is 2.78 bits per heavy atom. The number of hydrogen-bond acceptors (Lipinski definition) is 4. The molecule has 1 heterocycles. The molecule has 6 heteroatoms. The highest BCUT2D eigenvalue weighted by atomic mass is 32.2. The average molecular weight is 294 g/mol. The molecule has 1 atom stereocenters. The molecule has 0 saturated carbocycles. The van der Waals surface area contributed by atoms with Gasteiger partial charge in [-0.05, 0) is 32.4 Å². The minimum atomic E-state index is -3.02. The third kappa shape index (κ3) is 5.91. The third-order valence-corrected chi connectivity index (χ3v) is 6.09. The summed E-state index contributed by atoms with van der Waals surface area (Å²) in [5, 5.41) is 3.73. The predicted molar refractivity (Wildman–Crippen MR) is 79.7 cm³/mol. The van der Waals surface area contributed by atoms with E-state index in [1.807, 2.05) is 11.8 Å². The molecule has 0 aromatic carbocycles. The van der Waals surface area contributed by atoms with Crippen molar-refractivity contribution in [1.82, 2.24) is 9.62 Å². The molecule has 1 aliphatic rings. The van der Waals surface area contributed by atoms with Crippen LogP contribution >= 0.6 is 11.8 Å². The molecule has 1 rings (SSSR count). The van der Waals surface area contributed by atoms with Gasteiger partial charge >= 0.3 is 0 Å². The van der Waals surface area contributed by atoms with Gasteiger partial charge < -0.3 is 5.32 Å². The quantitative estimate of drug-likeness (QED) is 0.690. The maximum Gasteiger partial charge on any atom is 0.214 e. The first-order chi connectivity index (χ1) is 8.56. The molecule has 0 aliphatic carbocycles. The lowest BCUT2D eigenvalue weighted by Gasteiger charge is -2.29. The minimum absolute atomic E-state index is 0.304. The number of unbranched alkanes of at least 4 members (excludes halogenated alkanes) is 1. The van der Waals surface area contributed by atoms with Gasteiger partial charge in [0.25, 0.3) is 0 Å². The van der Waals surface area contributed by atoms with Gasteiger partial charge in [0.2, 0.25) is 10.0 Å². The molecule has 0 aromatic rings. The van der Waals surface area contributed by atoms with Crippen molar-refractivity contribution in [3.05, 3.63) is 0 Å². The average Bonchev–Trinajstić information content (AvgIpc) is 2.33. The van der Waals surface area contributed by atoms with Crippen molar-refractivity contribution >= 4 is 21.8 Å². The number of nitrogens with one attached hydrogen (secondary N) is 1. The van der Waals surface area contributed by atoms with Gasteiger partial charge in [0.05, 0.1) is 5.75 Å². The van der Waals surface area contributed by atoms with Crippen LogP contribution in [0.5, 0.6) is 0 Å². The summed E-state index contributed by atoms with van der Waals surface area (Å²) in [5.41, 5.74) is 0. The molecule has 0 radical (unpaired) electrons. The van der Waals surface area contributed by atoms with E-state index in [1.54, 1.807) is 4.31 Å². The van der Waals surface area contributed by atoms with Crippen molar-refractivity contribution in [2.45, 2.75) is 38.4 Å². The van der Waals surface area contributed by atoms with Crippen LogP contribution in [-0.4, -0.2) is 55.7 Å². The molecule has 1 saturated heterocycles. The Labute approximate surface area is 116 Å². The van der Waals surface area contributed by atoms with Gasteiger partial charge in [0, 0.05) is 24.1 Å². The van der Waals surface area contributed by atoms with E-state index in [1.165, 1.54) is 0 Å². The molecule has 18 heavy (non-hydrogen) atoms. The van der Waals surface area contributed by atoms with Crippen LogP contribution in [0.25, 0.3) is 0 Å². The number of nitrogens with zero attached hydrogens (tertiary/aromatic N) is 1. The van der Waals surface area contributed by atoms with Gasteiger partial charge in [-0.25, -0.2) is 12.7 Å². The van der Waals surface area contributed by atoms with Crippen molar-refractivity contribution in [1.29, 1.82) is 0 Å². The van der Waals surface area contributed by atoms with E-state index in [0.717, 1.165) is 38.1 Å². The smallest absolute Gasteiger partial charge is 0.214 e. The number of sulfonamides is 1. The van der Waals surface area contributed by atoms with Crippen LogP contribution < -0.4 is 5.32 Å². The molecule has 1 unspecified atom stereocenters. The first-order valence-electron chi connectivity index (χ1n) is 6.86. The fourth-order valence-corrected chi connectivity index (χ4v) is 4.88. The molecule has 4 nitrogen and oxygen atoms in total. The summed E-state index contributed by atoms with van der Waals surface area (Å²) in [6.45, 7) is 7.55. The largest absolute Gasteiger partial charge is 0.317 e. The lowest BCUT2D eigenvalue weighted by molar-refractivity contribution is 0.422. The van der Waals surface area contributed by atoms with Gasteiger partial charge in [-0.2, -0.15) is 11.8 Å². The number of rotatable bonds is 8. The van der Waals surface area contributed by atoms with Crippen molar-refractivity contribution in [3.8, 4) is 0 Å². The second-order valence-corrected chi connectivity index (χ2v) is 8.45. The molecule has 0 aromatic heterocycles. The Morgan fingerprint density at radius 1 is 1.33 bits per heavy atom. The molecule has 0 amide bonds. The van der Waals surface area contributed by atoms with Crippen LogP contribution in [0.4, 0.5) is 0 Å². The summed E-state index contributed by atoms with van der Waals surface area (Å²) in [6.07, 6.45) is 2.83. The third-order valence-electron chi connectivity index (χ3n) is 3.03. The summed E-state index contributed by atoms with van der Waals surface area (Å²) in [4.78, 5) is 0. The van der Waals surface area contributed by atoms with Gasteiger partial charge in [-0.3, -0.25) is 0 Å². The standard InChI is InChI=1S/C12H26N2O2S2/c1-3-6-13-7-4-5-10-18(15,16)14-8-9-17-12(2)11-14/h12-13H,3-11H2,1-2H3. The molecular formula is C12H26N2O2S2. The Morgan fingerprint density at radius 2 is 2.11 bits per heavy atom. The summed E-state index contributed by atoms with van der Waals surface area (Å²) in [6, 6.07) is 0. The lowest BCUT2D eigenvalue weighted by atomic mass is 10.3. The fraction of sp³-hybridized carbons (Fsp3) is 1.00. The van der Waals surface area contributed by atoms with E-state index in [0.29, 0.717) is 24.1 Å². The maximum atomic E-state index is 12.1. The van der Waals surface area contributed by atoms with Crippen molar-refractivity contribution in [2.24, 2.45) is 0 Å². The summed E-state index contributed by atoms with van der Waals surface area (Å²) < 4.78 is 25.9. The molecule has 0 spiro atoms. The highest BCUT2D eigenvalue weighted by Crippen LogP contribution is 2.20.